The summed E-state index contributed by atoms with van der Waals surface area (Å²) >= 11 is 0. The molecule has 0 saturated heterocycles. The van der Waals surface area contributed by atoms with E-state index in [1.165, 1.54) is 0 Å². The van der Waals surface area contributed by atoms with E-state index in [1.807, 2.05) is 14.1 Å². The average molecular weight is 139 g/mol. The van der Waals surface area contributed by atoms with Crippen LogP contribution in [0.5, 0.6) is 0 Å². The first-order chi connectivity index (χ1) is 4.68. The molecule has 3 nitrogen and oxygen atoms in total. The van der Waals surface area contributed by atoms with Gasteiger partial charge in [-0.05, 0) is 6.92 Å². The first kappa shape index (κ1) is 8.83. The third-order valence-electron chi connectivity index (χ3n) is 0.955. The molecule has 0 atom stereocenters. The SMILES string of the molecule is CC#CCN=C(N)N(C)C. The van der Waals surface area contributed by atoms with Crippen molar-refractivity contribution in [3.63, 3.8) is 0 Å². The zero-order valence-corrected chi connectivity index (χ0v) is 6.68. The number of rotatable bonds is 1. The van der Waals surface area contributed by atoms with Gasteiger partial charge in [0.05, 0.1) is 0 Å². The van der Waals surface area contributed by atoms with Gasteiger partial charge < -0.3 is 10.6 Å². The fraction of sp³-hybridized carbons (Fsp3) is 0.571. The van der Waals surface area contributed by atoms with Gasteiger partial charge in [-0.25, -0.2) is 4.99 Å². The van der Waals surface area contributed by atoms with E-state index < -0.39 is 0 Å². The van der Waals surface area contributed by atoms with E-state index in [0.29, 0.717) is 12.5 Å². The van der Waals surface area contributed by atoms with Crippen molar-refractivity contribution in [1.82, 2.24) is 4.90 Å². The Morgan fingerprint density at radius 2 is 2.20 bits per heavy atom. The van der Waals surface area contributed by atoms with Gasteiger partial charge in [0, 0.05) is 14.1 Å². The molecule has 56 valence electrons. The number of guanidine groups is 1. The Hall–Kier alpha value is -1.17. The summed E-state index contributed by atoms with van der Waals surface area (Å²) < 4.78 is 0. The molecule has 2 N–H and O–H groups in total. The Balaban J connectivity index is 3.76. The van der Waals surface area contributed by atoms with Crippen molar-refractivity contribution < 1.29 is 0 Å². The summed E-state index contributed by atoms with van der Waals surface area (Å²) in [7, 11) is 3.69. The molecule has 0 unspecified atom stereocenters. The van der Waals surface area contributed by atoms with Gasteiger partial charge in [-0.15, -0.1) is 5.92 Å². The lowest BCUT2D eigenvalue weighted by Gasteiger charge is -2.08. The maximum absolute atomic E-state index is 5.47. The number of nitrogens with zero attached hydrogens (tertiary/aromatic N) is 2. The summed E-state index contributed by atoms with van der Waals surface area (Å²) in [4.78, 5) is 5.71. The Morgan fingerprint density at radius 1 is 1.60 bits per heavy atom. The molecule has 0 radical (unpaired) electrons. The minimum atomic E-state index is 0.487. The maximum Gasteiger partial charge on any atom is 0.191 e. The molecule has 0 fully saturated rings. The Morgan fingerprint density at radius 3 is 2.60 bits per heavy atom. The van der Waals surface area contributed by atoms with Crippen molar-refractivity contribution >= 4 is 5.96 Å². The second-order valence-electron chi connectivity index (χ2n) is 2.00. The Labute approximate surface area is 61.9 Å². The third-order valence-corrected chi connectivity index (χ3v) is 0.955. The highest BCUT2D eigenvalue weighted by Gasteiger charge is 1.89. The van der Waals surface area contributed by atoms with Gasteiger partial charge in [0.2, 0.25) is 0 Å². The van der Waals surface area contributed by atoms with Crippen LogP contribution in [0.4, 0.5) is 0 Å². The van der Waals surface area contributed by atoms with Crippen molar-refractivity contribution in [2.24, 2.45) is 10.7 Å². The highest BCUT2D eigenvalue weighted by atomic mass is 15.2. The number of hydrogen-bond acceptors (Lipinski definition) is 1. The molecule has 0 aromatic carbocycles. The summed E-state index contributed by atoms with van der Waals surface area (Å²) in [5, 5.41) is 0. The second kappa shape index (κ2) is 4.68. The normalized spacial score (nSPS) is 10.1. The van der Waals surface area contributed by atoms with Crippen molar-refractivity contribution in [2.45, 2.75) is 6.92 Å². The van der Waals surface area contributed by atoms with Crippen LogP contribution in [-0.4, -0.2) is 31.5 Å². The number of hydrogen-bond donors (Lipinski definition) is 1. The van der Waals surface area contributed by atoms with Gasteiger partial charge in [-0.2, -0.15) is 0 Å². The largest absolute Gasteiger partial charge is 0.370 e. The van der Waals surface area contributed by atoms with Gasteiger partial charge >= 0.3 is 0 Å². The van der Waals surface area contributed by atoms with E-state index in [0.717, 1.165) is 0 Å². The Bertz CT molecular complexity index is 171. The highest BCUT2D eigenvalue weighted by Crippen LogP contribution is 1.74. The summed E-state index contributed by atoms with van der Waals surface area (Å²) in [6.07, 6.45) is 0. The molecule has 0 bridgehead atoms. The molecular weight excluding hydrogens is 126 g/mol. The highest BCUT2D eigenvalue weighted by molar-refractivity contribution is 5.77. The molecule has 0 rings (SSSR count). The lowest BCUT2D eigenvalue weighted by Crippen LogP contribution is -2.30. The van der Waals surface area contributed by atoms with Crippen molar-refractivity contribution in [3.05, 3.63) is 0 Å². The van der Waals surface area contributed by atoms with Crippen molar-refractivity contribution in [3.8, 4) is 11.8 Å². The summed E-state index contributed by atoms with van der Waals surface area (Å²) in [6.45, 7) is 2.27. The monoisotopic (exact) mass is 139 g/mol. The van der Waals surface area contributed by atoms with Crippen LogP contribution in [0, 0.1) is 11.8 Å². The minimum absolute atomic E-state index is 0.487. The molecule has 0 heterocycles. The van der Waals surface area contributed by atoms with Crippen LogP contribution in [0.3, 0.4) is 0 Å². The minimum Gasteiger partial charge on any atom is -0.370 e. The van der Waals surface area contributed by atoms with Gasteiger partial charge in [-0.3, -0.25) is 0 Å². The van der Waals surface area contributed by atoms with Crippen molar-refractivity contribution in [2.75, 3.05) is 20.6 Å². The summed E-state index contributed by atoms with van der Waals surface area (Å²) in [5.41, 5.74) is 5.47. The van der Waals surface area contributed by atoms with Crippen LogP contribution in [-0.2, 0) is 0 Å². The maximum atomic E-state index is 5.47. The van der Waals surface area contributed by atoms with Gasteiger partial charge in [0.15, 0.2) is 5.96 Å². The molecule has 10 heavy (non-hydrogen) atoms. The molecule has 0 amide bonds. The first-order valence-electron chi connectivity index (χ1n) is 3.05. The van der Waals surface area contributed by atoms with E-state index in [1.54, 1.807) is 11.8 Å². The van der Waals surface area contributed by atoms with Crippen LogP contribution < -0.4 is 5.73 Å². The van der Waals surface area contributed by atoms with Crippen LogP contribution >= 0.6 is 0 Å². The molecule has 0 aromatic rings. The molecule has 0 aliphatic heterocycles. The average Bonchev–Trinajstić information content (AvgIpc) is 1.88. The van der Waals surface area contributed by atoms with Crippen LogP contribution in [0.1, 0.15) is 6.92 Å². The lowest BCUT2D eigenvalue weighted by molar-refractivity contribution is 0.612. The van der Waals surface area contributed by atoms with Gasteiger partial charge in [0.1, 0.15) is 6.54 Å². The lowest BCUT2D eigenvalue weighted by atomic mass is 10.6. The fourth-order valence-electron chi connectivity index (χ4n) is 0.341. The molecule has 0 aromatic heterocycles. The molecule has 0 saturated carbocycles. The number of nitrogens with two attached hydrogens (primary N) is 1. The van der Waals surface area contributed by atoms with Crippen LogP contribution in [0.15, 0.2) is 4.99 Å². The molecule has 0 spiro atoms. The molecule has 3 heteroatoms. The standard InChI is InChI=1S/C7H13N3/c1-4-5-6-9-7(8)10(2)3/h6H2,1-3H3,(H2,8,9). The zero-order chi connectivity index (χ0) is 7.98. The second-order valence-corrected chi connectivity index (χ2v) is 2.00. The third kappa shape index (κ3) is 3.79. The van der Waals surface area contributed by atoms with E-state index in [4.69, 9.17) is 5.73 Å². The van der Waals surface area contributed by atoms with Gasteiger partial charge in [0.25, 0.3) is 0 Å². The van der Waals surface area contributed by atoms with E-state index in [9.17, 15) is 0 Å². The fourth-order valence-corrected chi connectivity index (χ4v) is 0.341. The predicted octanol–water partition coefficient (Wildman–Crippen LogP) is -0.114. The van der Waals surface area contributed by atoms with Crippen LogP contribution in [0.2, 0.25) is 0 Å². The topological polar surface area (TPSA) is 41.6 Å². The summed E-state index contributed by atoms with van der Waals surface area (Å²) in [6, 6.07) is 0. The first-order valence-corrected chi connectivity index (χ1v) is 3.05. The zero-order valence-electron chi connectivity index (χ0n) is 6.68. The molecular formula is C7H13N3. The van der Waals surface area contributed by atoms with E-state index in [2.05, 4.69) is 16.8 Å². The Kier molecular flexibility index (Phi) is 4.14. The van der Waals surface area contributed by atoms with Crippen molar-refractivity contribution in [1.29, 1.82) is 0 Å². The van der Waals surface area contributed by atoms with Crippen LogP contribution in [0.25, 0.3) is 0 Å². The van der Waals surface area contributed by atoms with E-state index >= 15 is 0 Å². The quantitative estimate of drug-likeness (QED) is 0.313. The summed E-state index contributed by atoms with van der Waals surface area (Å²) in [5.74, 6) is 6.04. The predicted molar refractivity (Wildman–Crippen MR) is 43.6 cm³/mol. The van der Waals surface area contributed by atoms with E-state index in [-0.39, 0.29) is 0 Å². The molecule has 0 aliphatic carbocycles. The van der Waals surface area contributed by atoms with Gasteiger partial charge in [-0.1, -0.05) is 5.92 Å². The molecule has 0 aliphatic rings. The number of aliphatic imine (C=N–C) groups is 1. The smallest absolute Gasteiger partial charge is 0.191 e.